The van der Waals surface area contributed by atoms with Crippen molar-refractivity contribution in [1.82, 2.24) is 9.97 Å². The summed E-state index contributed by atoms with van der Waals surface area (Å²) in [6.45, 7) is 0. The molecule has 2 aromatic rings. The highest BCUT2D eigenvalue weighted by Gasteiger charge is 2.13. The minimum absolute atomic E-state index is 0.225. The quantitative estimate of drug-likeness (QED) is 0.373. The molecule has 0 aliphatic heterocycles. The molecule has 0 atom stereocenters. The molecule has 116 valence electrons. The van der Waals surface area contributed by atoms with E-state index in [2.05, 4.69) is 20.9 Å². The number of aliphatic imine (C=N–C) groups is 1. The van der Waals surface area contributed by atoms with Crippen LogP contribution in [0.1, 0.15) is 0 Å². The van der Waals surface area contributed by atoms with Crippen molar-refractivity contribution < 1.29 is 23.4 Å². The molecule has 0 radical (unpaired) electrons. The van der Waals surface area contributed by atoms with Crippen molar-refractivity contribution in [3.8, 4) is 29.9 Å². The van der Waals surface area contributed by atoms with Crippen molar-refractivity contribution in [3.05, 3.63) is 36.3 Å². The zero-order chi connectivity index (χ0) is 16.7. The highest BCUT2D eigenvalue weighted by molar-refractivity contribution is 5.79. The van der Waals surface area contributed by atoms with Crippen molar-refractivity contribution in [1.29, 1.82) is 0 Å². The molecule has 0 saturated heterocycles. The Hall–Kier alpha value is -3.47. The van der Waals surface area contributed by atoms with Gasteiger partial charge in [-0.3, -0.25) is 0 Å². The van der Waals surface area contributed by atoms with Crippen LogP contribution >= 0.6 is 0 Å². The molecule has 8 heteroatoms. The molecule has 23 heavy (non-hydrogen) atoms. The smallest absolute Gasteiger partial charge is 0.497 e. The summed E-state index contributed by atoms with van der Waals surface area (Å²) in [7, 11) is 1.51. The fraction of sp³-hybridized carbons (Fsp3) is 0.0667. The van der Waals surface area contributed by atoms with Gasteiger partial charge in [-0.1, -0.05) is 5.92 Å². The number of ether oxygens (including phenoxy) is 3. The van der Waals surface area contributed by atoms with E-state index in [4.69, 9.17) is 20.6 Å². The molecule has 0 unspecified atom stereocenters. The maximum absolute atomic E-state index is 13.4. The second-order valence-electron chi connectivity index (χ2n) is 3.88. The van der Waals surface area contributed by atoms with Gasteiger partial charge in [-0.15, -0.1) is 6.42 Å². The molecule has 7 nitrogen and oxygen atoms in total. The topological polar surface area (TPSA) is 82.9 Å². The number of benzene rings is 1. The third-order valence-corrected chi connectivity index (χ3v) is 2.40. The molecule has 0 aliphatic rings. The van der Waals surface area contributed by atoms with Gasteiger partial charge in [0.25, 0.3) is 0 Å². The predicted octanol–water partition coefficient (Wildman–Crippen LogP) is 2.54. The van der Waals surface area contributed by atoms with E-state index < -0.39 is 18.0 Å². The molecule has 0 aliphatic carbocycles. The Morgan fingerprint density at radius 2 is 2.00 bits per heavy atom. The van der Waals surface area contributed by atoms with E-state index in [9.17, 15) is 9.18 Å². The molecule has 1 aromatic carbocycles. The lowest BCUT2D eigenvalue weighted by molar-refractivity contribution is 0.147. The lowest BCUT2D eigenvalue weighted by atomic mass is 10.3. The molecular formula is C15H10FN3O4. The van der Waals surface area contributed by atoms with Crippen LogP contribution in [-0.4, -0.2) is 29.4 Å². The Kier molecular flexibility index (Phi) is 5.20. The second kappa shape index (κ2) is 7.51. The van der Waals surface area contributed by atoms with Crippen LogP contribution in [0.4, 0.5) is 15.0 Å². The van der Waals surface area contributed by atoms with E-state index in [1.165, 1.54) is 19.2 Å². The maximum atomic E-state index is 13.4. The number of methoxy groups -OCH3 is 1. The Morgan fingerprint density at radius 1 is 1.30 bits per heavy atom. The first-order chi connectivity index (χ1) is 11.1. The number of nitrogens with zero attached hydrogens (tertiary/aromatic N) is 3. The number of terminal acetylenes is 1. The largest absolute Gasteiger partial charge is 0.521 e. The third-order valence-electron chi connectivity index (χ3n) is 2.40. The van der Waals surface area contributed by atoms with E-state index in [1.54, 1.807) is 12.1 Å². The number of halogens is 1. The minimum atomic E-state index is -1.09. The highest BCUT2D eigenvalue weighted by atomic mass is 19.1. The van der Waals surface area contributed by atoms with Crippen molar-refractivity contribution in [2.75, 3.05) is 7.11 Å². The van der Waals surface area contributed by atoms with Gasteiger partial charge in [-0.05, 0) is 24.3 Å². The zero-order valence-corrected chi connectivity index (χ0v) is 11.9. The van der Waals surface area contributed by atoms with Gasteiger partial charge < -0.3 is 14.2 Å². The van der Waals surface area contributed by atoms with Crippen LogP contribution in [0.3, 0.4) is 0 Å². The number of hydrogen-bond acceptors (Lipinski definition) is 7. The van der Waals surface area contributed by atoms with Crippen LogP contribution in [0, 0.1) is 18.2 Å². The van der Waals surface area contributed by atoms with Gasteiger partial charge in [0.05, 0.1) is 19.5 Å². The highest BCUT2D eigenvalue weighted by Crippen LogP contribution is 2.19. The fourth-order valence-electron chi connectivity index (χ4n) is 1.42. The van der Waals surface area contributed by atoms with E-state index in [1.807, 2.05) is 0 Å². The van der Waals surface area contributed by atoms with Crippen molar-refractivity contribution in [2.45, 2.75) is 0 Å². The molecule has 0 amide bonds. The minimum Gasteiger partial charge on any atom is -0.497 e. The lowest BCUT2D eigenvalue weighted by Crippen LogP contribution is -2.15. The van der Waals surface area contributed by atoms with E-state index in [0.717, 1.165) is 12.4 Å². The summed E-state index contributed by atoms with van der Waals surface area (Å²) in [5, 5.41) is 0. The van der Waals surface area contributed by atoms with Gasteiger partial charge in [0.15, 0.2) is 11.6 Å². The average Bonchev–Trinajstić information content (AvgIpc) is 2.56. The van der Waals surface area contributed by atoms with Gasteiger partial charge in [-0.2, -0.15) is 4.98 Å². The van der Waals surface area contributed by atoms with Crippen LogP contribution in [0.5, 0.6) is 17.5 Å². The van der Waals surface area contributed by atoms with E-state index in [0.29, 0.717) is 5.75 Å². The summed E-state index contributed by atoms with van der Waals surface area (Å²) >= 11 is 0. The second-order valence-corrected chi connectivity index (χ2v) is 3.88. The SMILES string of the molecule is C#CC=Nc1nc(OC(=O)Oc2ccc(OC)cc2)ncc1F. The van der Waals surface area contributed by atoms with Crippen LogP contribution in [0.25, 0.3) is 0 Å². The summed E-state index contributed by atoms with van der Waals surface area (Å²) in [4.78, 5) is 22.3. The van der Waals surface area contributed by atoms with Crippen LogP contribution in [0.15, 0.2) is 35.5 Å². The van der Waals surface area contributed by atoms with E-state index in [-0.39, 0.29) is 11.6 Å². The summed E-state index contributed by atoms with van der Waals surface area (Å²) < 4.78 is 28.0. The van der Waals surface area contributed by atoms with Gasteiger partial charge in [0.2, 0.25) is 0 Å². The maximum Gasteiger partial charge on any atom is 0.521 e. The molecule has 0 bridgehead atoms. The van der Waals surface area contributed by atoms with Crippen molar-refractivity contribution >= 4 is 18.2 Å². The molecule has 1 aromatic heterocycles. The molecular weight excluding hydrogens is 305 g/mol. The number of carbonyl (C=O) groups excluding carboxylic acids is 1. The van der Waals surface area contributed by atoms with Gasteiger partial charge in [0.1, 0.15) is 11.5 Å². The van der Waals surface area contributed by atoms with Gasteiger partial charge >= 0.3 is 12.2 Å². The first-order valence-electron chi connectivity index (χ1n) is 6.17. The average molecular weight is 315 g/mol. The van der Waals surface area contributed by atoms with Crippen LogP contribution in [0.2, 0.25) is 0 Å². The normalized spacial score (nSPS) is 10.1. The Morgan fingerprint density at radius 3 is 2.65 bits per heavy atom. The molecule has 0 N–H and O–H groups in total. The number of carbonyl (C=O) groups is 1. The van der Waals surface area contributed by atoms with Crippen molar-refractivity contribution in [3.63, 3.8) is 0 Å². The number of hydrogen-bond donors (Lipinski definition) is 0. The number of aromatic nitrogens is 2. The van der Waals surface area contributed by atoms with Gasteiger partial charge in [-0.25, -0.2) is 19.2 Å². The molecule has 0 spiro atoms. The molecule has 2 rings (SSSR count). The summed E-state index contributed by atoms with van der Waals surface area (Å²) in [5.41, 5.74) is 0. The molecule has 0 saturated carbocycles. The Bertz CT molecular complexity index is 769. The third kappa shape index (κ3) is 4.50. The van der Waals surface area contributed by atoms with E-state index >= 15 is 0 Å². The predicted molar refractivity (Wildman–Crippen MR) is 78.6 cm³/mol. The molecule has 0 fully saturated rings. The Balaban J connectivity index is 2.04. The lowest BCUT2D eigenvalue weighted by Gasteiger charge is -2.05. The monoisotopic (exact) mass is 315 g/mol. The van der Waals surface area contributed by atoms with Crippen LogP contribution < -0.4 is 14.2 Å². The molecule has 1 heterocycles. The van der Waals surface area contributed by atoms with Crippen LogP contribution in [-0.2, 0) is 0 Å². The number of rotatable bonds is 4. The van der Waals surface area contributed by atoms with Gasteiger partial charge in [0, 0.05) is 0 Å². The fourth-order valence-corrected chi connectivity index (χ4v) is 1.42. The zero-order valence-electron chi connectivity index (χ0n) is 11.9. The first-order valence-corrected chi connectivity index (χ1v) is 6.17. The van der Waals surface area contributed by atoms with Crippen molar-refractivity contribution in [2.24, 2.45) is 4.99 Å². The summed E-state index contributed by atoms with van der Waals surface area (Å²) in [5.74, 6) is 1.74. The summed E-state index contributed by atoms with van der Waals surface area (Å²) in [6, 6.07) is 5.80. The standard InChI is InChI=1S/C15H10FN3O4/c1-3-8-17-13-12(16)9-18-14(19-13)23-15(20)22-11-6-4-10(21-2)5-7-11/h1,4-9H,2H3. The summed E-state index contributed by atoms with van der Waals surface area (Å²) in [6.07, 6.45) is 5.69. The Labute approximate surface area is 130 Å². The first kappa shape index (κ1) is 15.9.